The SMILES string of the molecule is CC(CN(CCN(CC(=O)O)CC(=O)O)CC(=O)C(C)(C)C)N(CC(=O)O)CC(=O)O. The Morgan fingerprint density at radius 3 is 1.42 bits per heavy atom. The number of aliphatic carboxylic acids is 4. The minimum atomic E-state index is -1.19. The average Bonchev–Trinajstić information content (AvgIpc) is 2.55. The number of Topliss-reactive ketones (excluding diaryl/α,β-unsaturated/α-hetero) is 1. The number of ketones is 1. The molecule has 0 heterocycles. The monoisotopic (exact) mass is 447 g/mol. The summed E-state index contributed by atoms with van der Waals surface area (Å²) in [6, 6.07) is -0.549. The molecule has 0 fully saturated rings. The number of carboxylic acid groups (broad SMARTS) is 4. The second-order valence-corrected chi connectivity index (χ2v) is 8.45. The molecule has 0 aromatic rings. The van der Waals surface area contributed by atoms with E-state index in [4.69, 9.17) is 20.4 Å². The third kappa shape index (κ3) is 13.4. The third-order valence-electron chi connectivity index (χ3n) is 4.48. The van der Waals surface area contributed by atoms with Crippen molar-refractivity contribution in [2.24, 2.45) is 5.41 Å². The standard InChI is InChI=1S/C19H33N3O9/c1-13(22(11-17(28)29)12-18(30)31)7-20(8-14(23)19(2,3)4)5-6-21(9-15(24)25)10-16(26)27/h13H,5-12H2,1-4H3,(H,24,25)(H,26,27)(H,28,29)(H,30,31). The third-order valence-corrected chi connectivity index (χ3v) is 4.48. The van der Waals surface area contributed by atoms with Gasteiger partial charge in [-0.3, -0.25) is 38.7 Å². The number of hydrogen-bond acceptors (Lipinski definition) is 8. The van der Waals surface area contributed by atoms with E-state index in [2.05, 4.69) is 0 Å². The predicted molar refractivity (Wildman–Crippen MR) is 109 cm³/mol. The highest BCUT2D eigenvalue weighted by Gasteiger charge is 2.27. The van der Waals surface area contributed by atoms with Crippen molar-refractivity contribution in [3.63, 3.8) is 0 Å². The summed E-state index contributed by atoms with van der Waals surface area (Å²) in [7, 11) is 0. The molecular weight excluding hydrogens is 414 g/mol. The van der Waals surface area contributed by atoms with Crippen molar-refractivity contribution in [1.82, 2.24) is 14.7 Å². The van der Waals surface area contributed by atoms with Gasteiger partial charge in [0.1, 0.15) is 0 Å². The Bertz CT molecular complexity index is 628. The normalized spacial score (nSPS) is 12.9. The Morgan fingerprint density at radius 1 is 0.677 bits per heavy atom. The molecule has 0 aliphatic rings. The zero-order chi connectivity index (χ0) is 24.4. The Labute approximate surface area is 181 Å². The molecule has 1 atom stereocenters. The van der Waals surface area contributed by atoms with E-state index in [1.807, 2.05) is 0 Å². The molecular formula is C19H33N3O9. The molecule has 0 spiro atoms. The summed E-state index contributed by atoms with van der Waals surface area (Å²) in [5.74, 6) is -4.90. The van der Waals surface area contributed by atoms with Crippen molar-refractivity contribution in [1.29, 1.82) is 0 Å². The summed E-state index contributed by atoms with van der Waals surface area (Å²) in [6.45, 7) is 5.13. The van der Waals surface area contributed by atoms with Gasteiger partial charge in [0.2, 0.25) is 0 Å². The number of nitrogens with zero attached hydrogens (tertiary/aromatic N) is 3. The summed E-state index contributed by atoms with van der Waals surface area (Å²) < 4.78 is 0. The maximum atomic E-state index is 12.5. The molecule has 0 amide bonds. The zero-order valence-corrected chi connectivity index (χ0v) is 18.4. The first-order valence-corrected chi connectivity index (χ1v) is 9.71. The van der Waals surface area contributed by atoms with Crippen molar-refractivity contribution in [2.45, 2.75) is 33.7 Å². The van der Waals surface area contributed by atoms with E-state index < -0.39 is 61.5 Å². The van der Waals surface area contributed by atoms with Crippen LogP contribution in [0.15, 0.2) is 0 Å². The lowest BCUT2D eigenvalue weighted by atomic mass is 9.90. The maximum Gasteiger partial charge on any atom is 0.317 e. The Kier molecular flexibility index (Phi) is 11.9. The van der Waals surface area contributed by atoms with Crippen molar-refractivity contribution < 1.29 is 44.4 Å². The van der Waals surface area contributed by atoms with E-state index in [9.17, 15) is 24.0 Å². The molecule has 12 heteroatoms. The largest absolute Gasteiger partial charge is 0.480 e. The second-order valence-electron chi connectivity index (χ2n) is 8.45. The highest BCUT2D eigenvalue weighted by molar-refractivity contribution is 5.85. The molecule has 12 nitrogen and oxygen atoms in total. The van der Waals surface area contributed by atoms with Crippen molar-refractivity contribution >= 4 is 29.7 Å². The van der Waals surface area contributed by atoms with Gasteiger partial charge in [-0.05, 0) is 6.92 Å². The first-order valence-electron chi connectivity index (χ1n) is 9.71. The van der Waals surface area contributed by atoms with Crippen LogP contribution in [0, 0.1) is 5.41 Å². The van der Waals surface area contributed by atoms with Gasteiger partial charge in [-0.1, -0.05) is 20.8 Å². The molecule has 0 aromatic carbocycles. The van der Waals surface area contributed by atoms with Gasteiger partial charge in [-0.2, -0.15) is 0 Å². The van der Waals surface area contributed by atoms with Gasteiger partial charge in [0.15, 0.2) is 5.78 Å². The summed E-state index contributed by atoms with van der Waals surface area (Å²) in [4.78, 5) is 60.8. The molecule has 0 saturated carbocycles. The van der Waals surface area contributed by atoms with Gasteiger partial charge >= 0.3 is 23.9 Å². The number of carboxylic acids is 4. The van der Waals surface area contributed by atoms with Crippen LogP contribution in [-0.4, -0.2) is 123 Å². The summed E-state index contributed by atoms with van der Waals surface area (Å²) in [5.41, 5.74) is -0.662. The van der Waals surface area contributed by atoms with Crippen LogP contribution in [-0.2, 0) is 24.0 Å². The molecule has 31 heavy (non-hydrogen) atoms. The van der Waals surface area contributed by atoms with E-state index in [1.54, 1.807) is 32.6 Å². The van der Waals surface area contributed by atoms with Gasteiger partial charge in [0.05, 0.1) is 32.7 Å². The van der Waals surface area contributed by atoms with Crippen LogP contribution in [0.4, 0.5) is 0 Å². The maximum absolute atomic E-state index is 12.5. The number of carbonyl (C=O) groups excluding carboxylic acids is 1. The average molecular weight is 447 g/mol. The quantitative estimate of drug-likeness (QED) is 0.233. The Balaban J connectivity index is 5.44. The summed E-state index contributed by atoms with van der Waals surface area (Å²) in [6.07, 6.45) is 0. The summed E-state index contributed by atoms with van der Waals surface area (Å²) in [5, 5.41) is 36.1. The molecule has 1 unspecified atom stereocenters. The van der Waals surface area contributed by atoms with Crippen molar-refractivity contribution in [2.75, 3.05) is 52.4 Å². The lowest BCUT2D eigenvalue weighted by Gasteiger charge is -2.33. The molecule has 4 N–H and O–H groups in total. The van der Waals surface area contributed by atoms with Crippen LogP contribution < -0.4 is 0 Å². The van der Waals surface area contributed by atoms with E-state index in [1.165, 1.54) is 9.80 Å². The molecule has 0 aromatic heterocycles. The van der Waals surface area contributed by atoms with Crippen molar-refractivity contribution in [3.8, 4) is 0 Å². The number of rotatable bonds is 16. The van der Waals surface area contributed by atoms with E-state index >= 15 is 0 Å². The van der Waals surface area contributed by atoms with Crippen LogP contribution in [0.1, 0.15) is 27.7 Å². The molecule has 0 aliphatic heterocycles. The minimum Gasteiger partial charge on any atom is -0.480 e. The van der Waals surface area contributed by atoms with Crippen LogP contribution in [0.25, 0.3) is 0 Å². The van der Waals surface area contributed by atoms with E-state index in [-0.39, 0.29) is 32.0 Å². The highest BCUT2D eigenvalue weighted by atomic mass is 16.4. The van der Waals surface area contributed by atoms with Crippen LogP contribution >= 0.6 is 0 Å². The minimum absolute atomic E-state index is 0.0319. The number of hydrogen-bond donors (Lipinski definition) is 4. The lowest BCUT2D eigenvalue weighted by molar-refractivity contribution is -0.144. The second kappa shape index (κ2) is 13.0. The molecule has 0 radical (unpaired) electrons. The van der Waals surface area contributed by atoms with Gasteiger partial charge in [0, 0.05) is 31.1 Å². The van der Waals surface area contributed by atoms with E-state index in [0.29, 0.717) is 0 Å². The first kappa shape index (κ1) is 28.4. The first-order chi connectivity index (χ1) is 14.1. The van der Waals surface area contributed by atoms with Crippen molar-refractivity contribution in [3.05, 3.63) is 0 Å². The molecule has 178 valence electrons. The molecule has 0 bridgehead atoms. The van der Waals surface area contributed by atoms with E-state index in [0.717, 1.165) is 0 Å². The fourth-order valence-corrected chi connectivity index (χ4v) is 2.76. The number of carbonyl (C=O) groups is 5. The lowest BCUT2D eigenvalue weighted by Crippen LogP contribution is -2.50. The van der Waals surface area contributed by atoms with Gasteiger partial charge in [0.25, 0.3) is 0 Å². The van der Waals surface area contributed by atoms with Gasteiger partial charge in [-0.25, -0.2) is 0 Å². The van der Waals surface area contributed by atoms with Gasteiger partial charge < -0.3 is 20.4 Å². The molecule has 0 rings (SSSR count). The fourth-order valence-electron chi connectivity index (χ4n) is 2.76. The van der Waals surface area contributed by atoms with Crippen LogP contribution in [0.5, 0.6) is 0 Å². The van der Waals surface area contributed by atoms with Crippen LogP contribution in [0.2, 0.25) is 0 Å². The Morgan fingerprint density at radius 2 is 1.06 bits per heavy atom. The summed E-state index contributed by atoms with van der Waals surface area (Å²) >= 11 is 0. The Hall–Kier alpha value is -2.57. The van der Waals surface area contributed by atoms with Gasteiger partial charge in [-0.15, -0.1) is 0 Å². The van der Waals surface area contributed by atoms with Crippen LogP contribution in [0.3, 0.4) is 0 Å². The fraction of sp³-hybridized carbons (Fsp3) is 0.737. The smallest absolute Gasteiger partial charge is 0.317 e. The topological polar surface area (TPSA) is 176 Å². The predicted octanol–water partition coefficient (Wildman–Crippen LogP) is -0.765. The highest BCUT2D eigenvalue weighted by Crippen LogP contribution is 2.16. The zero-order valence-electron chi connectivity index (χ0n) is 18.4. The molecule has 0 aliphatic carbocycles. The molecule has 0 saturated heterocycles.